The van der Waals surface area contributed by atoms with Crippen LogP contribution in [0.5, 0.6) is 5.75 Å². The summed E-state index contributed by atoms with van der Waals surface area (Å²) in [4.78, 5) is 0. The standard InChI is InChI=1S/C11H12O2S2/c1-13-10(7-11(14)15-2)8-3-5-9(12)6-4-8/h3-7,12H,1-2H3/b10-7-. The Morgan fingerprint density at radius 2 is 2.00 bits per heavy atom. The maximum atomic E-state index is 9.15. The topological polar surface area (TPSA) is 29.5 Å². The third kappa shape index (κ3) is 3.57. The number of ether oxygens (including phenoxy) is 1. The lowest BCUT2D eigenvalue weighted by atomic mass is 10.2. The van der Waals surface area contributed by atoms with Gasteiger partial charge >= 0.3 is 0 Å². The molecule has 0 spiro atoms. The fourth-order valence-corrected chi connectivity index (χ4v) is 1.38. The fraction of sp³-hybridized carbons (Fsp3) is 0.182. The Morgan fingerprint density at radius 1 is 1.40 bits per heavy atom. The molecule has 1 aromatic carbocycles. The Hall–Kier alpha value is -1.00. The molecular formula is C11H12O2S2. The monoisotopic (exact) mass is 240 g/mol. The van der Waals surface area contributed by atoms with Crippen LogP contribution in [-0.2, 0) is 4.74 Å². The molecule has 4 heteroatoms. The predicted molar refractivity (Wildman–Crippen MR) is 69.2 cm³/mol. The molecule has 0 aliphatic carbocycles. The molecule has 1 N–H and O–H groups in total. The molecule has 0 unspecified atom stereocenters. The van der Waals surface area contributed by atoms with Gasteiger partial charge in [-0.25, -0.2) is 0 Å². The number of phenolic OH excluding ortho intramolecular Hbond substituents is 1. The lowest BCUT2D eigenvalue weighted by Crippen LogP contribution is -1.90. The Morgan fingerprint density at radius 3 is 2.47 bits per heavy atom. The van der Waals surface area contributed by atoms with Crippen molar-refractivity contribution in [1.82, 2.24) is 0 Å². The van der Waals surface area contributed by atoms with Crippen LogP contribution in [0.4, 0.5) is 0 Å². The molecule has 1 aromatic rings. The number of phenols is 1. The van der Waals surface area contributed by atoms with Crippen LogP contribution in [0.2, 0.25) is 0 Å². The smallest absolute Gasteiger partial charge is 0.128 e. The van der Waals surface area contributed by atoms with Gasteiger partial charge in [0.15, 0.2) is 0 Å². The second-order valence-electron chi connectivity index (χ2n) is 2.78. The first-order chi connectivity index (χ1) is 7.17. The molecule has 0 aliphatic heterocycles. The van der Waals surface area contributed by atoms with E-state index in [-0.39, 0.29) is 5.75 Å². The van der Waals surface area contributed by atoms with Crippen LogP contribution in [-0.4, -0.2) is 22.7 Å². The highest BCUT2D eigenvalue weighted by molar-refractivity contribution is 8.23. The molecular weight excluding hydrogens is 228 g/mol. The van der Waals surface area contributed by atoms with E-state index in [1.165, 1.54) is 11.8 Å². The average Bonchev–Trinajstić information content (AvgIpc) is 2.27. The van der Waals surface area contributed by atoms with Gasteiger partial charge in [-0.1, -0.05) is 12.2 Å². The summed E-state index contributed by atoms with van der Waals surface area (Å²) >= 11 is 6.57. The molecule has 0 aromatic heterocycles. The minimum Gasteiger partial charge on any atom is -0.508 e. The van der Waals surface area contributed by atoms with Crippen molar-refractivity contribution >= 4 is 33.9 Å². The SMILES string of the molecule is CO/C(=C\C(=S)SC)c1ccc(O)cc1. The summed E-state index contributed by atoms with van der Waals surface area (Å²) in [6.07, 6.45) is 3.72. The predicted octanol–water partition coefficient (Wildman–Crippen LogP) is 3.07. The van der Waals surface area contributed by atoms with Crippen LogP contribution in [0.25, 0.3) is 5.76 Å². The zero-order valence-corrected chi connectivity index (χ0v) is 10.2. The molecule has 2 nitrogen and oxygen atoms in total. The summed E-state index contributed by atoms with van der Waals surface area (Å²) < 4.78 is 5.99. The van der Waals surface area contributed by atoms with Gasteiger partial charge in [0.05, 0.1) is 11.3 Å². The van der Waals surface area contributed by atoms with Gasteiger partial charge in [0.25, 0.3) is 0 Å². The summed E-state index contributed by atoms with van der Waals surface area (Å²) in [7, 11) is 1.60. The van der Waals surface area contributed by atoms with Gasteiger partial charge in [0.2, 0.25) is 0 Å². The van der Waals surface area contributed by atoms with Crippen LogP contribution >= 0.6 is 24.0 Å². The van der Waals surface area contributed by atoms with E-state index >= 15 is 0 Å². The average molecular weight is 240 g/mol. The van der Waals surface area contributed by atoms with E-state index < -0.39 is 0 Å². The molecule has 80 valence electrons. The first-order valence-electron chi connectivity index (χ1n) is 4.30. The third-order valence-corrected chi connectivity index (χ3v) is 2.96. The van der Waals surface area contributed by atoms with Gasteiger partial charge < -0.3 is 9.84 Å². The second-order valence-corrected chi connectivity index (χ2v) is 4.33. The van der Waals surface area contributed by atoms with Crippen molar-refractivity contribution < 1.29 is 9.84 Å². The number of hydrogen-bond donors (Lipinski definition) is 1. The van der Waals surface area contributed by atoms with E-state index in [9.17, 15) is 0 Å². The molecule has 15 heavy (non-hydrogen) atoms. The van der Waals surface area contributed by atoms with Gasteiger partial charge in [0.1, 0.15) is 11.5 Å². The van der Waals surface area contributed by atoms with Gasteiger partial charge in [0, 0.05) is 11.6 Å². The van der Waals surface area contributed by atoms with Crippen molar-refractivity contribution in [2.75, 3.05) is 13.4 Å². The van der Waals surface area contributed by atoms with Crippen LogP contribution in [0.3, 0.4) is 0 Å². The van der Waals surface area contributed by atoms with Gasteiger partial charge in [-0.05, 0) is 30.5 Å². The van der Waals surface area contributed by atoms with E-state index in [0.29, 0.717) is 5.76 Å². The quantitative estimate of drug-likeness (QED) is 0.499. The van der Waals surface area contributed by atoms with E-state index in [2.05, 4.69) is 0 Å². The number of thioether (sulfide) groups is 1. The van der Waals surface area contributed by atoms with Crippen LogP contribution in [0.1, 0.15) is 5.56 Å². The summed E-state index contributed by atoms with van der Waals surface area (Å²) in [5.41, 5.74) is 0.895. The zero-order chi connectivity index (χ0) is 11.3. The van der Waals surface area contributed by atoms with Gasteiger partial charge in [-0.3, -0.25) is 0 Å². The molecule has 0 bridgehead atoms. The highest BCUT2D eigenvalue weighted by Gasteiger charge is 2.02. The van der Waals surface area contributed by atoms with Crippen molar-refractivity contribution in [2.24, 2.45) is 0 Å². The van der Waals surface area contributed by atoms with Gasteiger partial charge in [-0.15, -0.1) is 11.8 Å². The van der Waals surface area contributed by atoms with Gasteiger partial charge in [-0.2, -0.15) is 0 Å². The molecule has 0 fully saturated rings. The summed E-state index contributed by atoms with van der Waals surface area (Å²) in [6.45, 7) is 0. The van der Waals surface area contributed by atoms with Crippen molar-refractivity contribution in [2.45, 2.75) is 0 Å². The minimum absolute atomic E-state index is 0.238. The first kappa shape index (κ1) is 12.1. The molecule has 0 atom stereocenters. The Kier molecular flexibility index (Phi) is 4.65. The van der Waals surface area contributed by atoms with E-state index in [1.54, 1.807) is 37.5 Å². The van der Waals surface area contributed by atoms with Crippen LogP contribution < -0.4 is 0 Å². The van der Waals surface area contributed by atoms with E-state index in [4.69, 9.17) is 22.1 Å². The van der Waals surface area contributed by atoms with Crippen molar-refractivity contribution in [1.29, 1.82) is 0 Å². The lowest BCUT2D eigenvalue weighted by Gasteiger charge is -2.06. The molecule has 1 rings (SSSR count). The summed E-state index contributed by atoms with van der Waals surface area (Å²) in [6, 6.07) is 6.80. The lowest BCUT2D eigenvalue weighted by molar-refractivity contribution is 0.370. The summed E-state index contributed by atoms with van der Waals surface area (Å²) in [5, 5.41) is 9.15. The first-order valence-corrected chi connectivity index (χ1v) is 5.93. The molecule has 0 saturated heterocycles. The molecule has 0 aliphatic rings. The Bertz CT molecular complexity index is 369. The number of aromatic hydroxyl groups is 1. The number of hydrogen-bond acceptors (Lipinski definition) is 4. The van der Waals surface area contributed by atoms with Crippen molar-refractivity contribution in [3.05, 3.63) is 35.9 Å². The van der Waals surface area contributed by atoms with Crippen molar-refractivity contribution in [3.63, 3.8) is 0 Å². The van der Waals surface area contributed by atoms with Crippen molar-refractivity contribution in [3.8, 4) is 5.75 Å². The number of methoxy groups -OCH3 is 1. The molecule has 0 heterocycles. The Balaban J connectivity index is 2.97. The van der Waals surface area contributed by atoms with E-state index in [0.717, 1.165) is 9.76 Å². The number of thiocarbonyl (C=S) groups is 1. The molecule has 0 amide bonds. The second kappa shape index (κ2) is 5.78. The number of benzene rings is 1. The van der Waals surface area contributed by atoms with E-state index in [1.807, 2.05) is 6.26 Å². The fourth-order valence-electron chi connectivity index (χ4n) is 1.05. The maximum Gasteiger partial charge on any atom is 0.128 e. The maximum absolute atomic E-state index is 9.15. The third-order valence-electron chi connectivity index (χ3n) is 1.82. The highest BCUT2D eigenvalue weighted by atomic mass is 32.2. The summed E-state index contributed by atoms with van der Waals surface area (Å²) in [5.74, 6) is 0.941. The zero-order valence-electron chi connectivity index (χ0n) is 8.56. The normalized spacial score (nSPS) is 11.2. The van der Waals surface area contributed by atoms with Crippen LogP contribution in [0, 0.1) is 0 Å². The highest BCUT2D eigenvalue weighted by Crippen LogP contribution is 2.19. The largest absolute Gasteiger partial charge is 0.508 e. The Labute approximate surface area is 99.0 Å². The molecule has 0 radical (unpaired) electrons. The minimum atomic E-state index is 0.238. The molecule has 0 saturated carbocycles. The van der Waals surface area contributed by atoms with Crippen LogP contribution in [0.15, 0.2) is 30.3 Å². The number of rotatable bonds is 3.